The Kier molecular flexibility index (Phi) is 7.82. The summed E-state index contributed by atoms with van der Waals surface area (Å²) in [5.41, 5.74) is 4.69. The molecule has 0 aliphatic carbocycles. The molecule has 1 atom stereocenters. The molecule has 11 nitrogen and oxygen atoms in total. The van der Waals surface area contributed by atoms with Crippen LogP contribution in [0.5, 0.6) is 0 Å². The number of rotatable bonds is 9. The molecule has 176 valence electrons. The normalized spacial score (nSPS) is 19.3. The number of halogens is 4. The van der Waals surface area contributed by atoms with Gasteiger partial charge in [0.15, 0.2) is 11.3 Å². The zero-order chi connectivity index (χ0) is 24.6. The molecule has 7 N–H and O–H groups in total. The molecule has 1 aromatic carbocycles. The second-order valence-electron chi connectivity index (χ2n) is 6.43. The van der Waals surface area contributed by atoms with Crippen molar-refractivity contribution < 1.29 is 31.9 Å². The minimum Gasteiger partial charge on any atom is -0.405 e. The van der Waals surface area contributed by atoms with Crippen LogP contribution in [0.2, 0.25) is 0 Å². The van der Waals surface area contributed by atoms with Gasteiger partial charge in [-0.15, -0.1) is 0 Å². The van der Waals surface area contributed by atoms with Gasteiger partial charge in [0.05, 0.1) is 24.2 Å². The summed E-state index contributed by atoms with van der Waals surface area (Å²) in [6.07, 6.45) is -2.47. The maximum Gasteiger partial charge on any atom is 0.407 e. The lowest BCUT2D eigenvalue weighted by atomic mass is 9.92. The number of nitrogens with one attached hydrogen (secondary N) is 5. The molecule has 33 heavy (non-hydrogen) atoms. The van der Waals surface area contributed by atoms with Crippen molar-refractivity contribution in [3.63, 3.8) is 0 Å². The maximum absolute atomic E-state index is 13.0. The third kappa shape index (κ3) is 6.59. The maximum atomic E-state index is 13.0. The van der Waals surface area contributed by atoms with Crippen LogP contribution in [0, 0.1) is 11.2 Å². The van der Waals surface area contributed by atoms with Crippen LogP contribution in [0.15, 0.2) is 46.6 Å². The third-order valence-electron chi connectivity index (χ3n) is 4.09. The Morgan fingerprint density at radius 1 is 1.24 bits per heavy atom. The summed E-state index contributed by atoms with van der Waals surface area (Å²) in [7, 11) is 0. The number of hydrazone groups is 1. The molecule has 0 radical (unpaired) electrons. The Hall–Kier alpha value is -4.30. The fourth-order valence-electron chi connectivity index (χ4n) is 2.58. The van der Waals surface area contributed by atoms with Gasteiger partial charge in [-0.2, -0.15) is 18.3 Å². The second kappa shape index (κ2) is 10.3. The topological polar surface area (TPSA) is 174 Å². The third-order valence-corrected chi connectivity index (χ3v) is 4.09. The van der Waals surface area contributed by atoms with E-state index in [9.17, 15) is 31.9 Å². The zero-order valence-corrected chi connectivity index (χ0v) is 16.7. The Morgan fingerprint density at radius 3 is 2.42 bits per heavy atom. The molecule has 0 bridgehead atoms. The highest BCUT2D eigenvalue weighted by atomic mass is 19.4. The lowest BCUT2D eigenvalue weighted by molar-refractivity contribution is -0.123. The molecule has 0 spiro atoms. The smallest absolute Gasteiger partial charge is 0.405 e. The average Bonchev–Trinajstić information content (AvgIpc) is 3.04. The van der Waals surface area contributed by atoms with Crippen molar-refractivity contribution in [2.45, 2.75) is 11.7 Å². The van der Waals surface area contributed by atoms with Gasteiger partial charge in [0.2, 0.25) is 0 Å². The summed E-state index contributed by atoms with van der Waals surface area (Å²) in [4.78, 5) is 39.9. The predicted molar refractivity (Wildman–Crippen MR) is 110 cm³/mol. The van der Waals surface area contributed by atoms with E-state index in [-0.39, 0.29) is 5.69 Å². The number of nitrogens with zero attached hydrogens (tertiary/aromatic N) is 2. The van der Waals surface area contributed by atoms with E-state index < -0.39 is 59.9 Å². The van der Waals surface area contributed by atoms with E-state index in [2.05, 4.69) is 26.2 Å². The van der Waals surface area contributed by atoms with Gasteiger partial charge < -0.3 is 21.8 Å². The average molecular weight is 470 g/mol. The van der Waals surface area contributed by atoms with Crippen molar-refractivity contribution in [2.75, 3.05) is 18.5 Å². The summed E-state index contributed by atoms with van der Waals surface area (Å²) in [5, 5.41) is 17.3. The summed E-state index contributed by atoms with van der Waals surface area (Å²) >= 11 is 0. The highest BCUT2D eigenvalue weighted by Crippen LogP contribution is 2.19. The summed E-state index contributed by atoms with van der Waals surface area (Å²) < 4.78 is 51.0. The molecule has 1 fully saturated rings. The summed E-state index contributed by atoms with van der Waals surface area (Å²) in [6.45, 7) is -2.42. The first kappa shape index (κ1) is 25.0. The molecule has 1 heterocycles. The van der Waals surface area contributed by atoms with Crippen LogP contribution in [0.3, 0.4) is 0 Å². The molecule has 1 aliphatic heterocycles. The van der Waals surface area contributed by atoms with Gasteiger partial charge in [-0.1, -0.05) is 0 Å². The van der Waals surface area contributed by atoms with Crippen molar-refractivity contribution in [2.24, 2.45) is 15.8 Å². The Balaban J connectivity index is 2.26. The number of urea groups is 1. The number of hydrogen-bond acceptors (Lipinski definition) is 8. The first-order chi connectivity index (χ1) is 15.5. The van der Waals surface area contributed by atoms with Gasteiger partial charge in [0.1, 0.15) is 12.4 Å². The fourth-order valence-corrected chi connectivity index (χ4v) is 2.58. The van der Waals surface area contributed by atoms with E-state index in [0.717, 1.165) is 24.4 Å². The molecule has 4 amide bonds. The van der Waals surface area contributed by atoms with E-state index in [1.807, 2.05) is 5.32 Å². The van der Waals surface area contributed by atoms with Gasteiger partial charge >= 0.3 is 12.2 Å². The molecule has 1 saturated heterocycles. The van der Waals surface area contributed by atoms with Crippen LogP contribution in [-0.2, 0) is 9.59 Å². The second-order valence-corrected chi connectivity index (χ2v) is 6.43. The molecule has 1 aliphatic rings. The number of anilines is 1. The summed E-state index contributed by atoms with van der Waals surface area (Å²) in [5.74, 6) is -2.60. The van der Waals surface area contributed by atoms with Crippen molar-refractivity contribution in [3.8, 4) is 0 Å². The number of benzene rings is 1. The number of imide groups is 1. The minimum atomic E-state index is -4.72. The molecule has 2 rings (SSSR count). The van der Waals surface area contributed by atoms with E-state index in [4.69, 9.17) is 11.1 Å². The SMILES string of the molecule is N=C/C(=N\Nc1ccc(F)cc1)C(=O)NCC1(C(C=CN)=NCC(F)(F)F)NC(=O)NC1=O. The lowest BCUT2D eigenvalue weighted by Gasteiger charge is -2.26. The van der Waals surface area contributed by atoms with E-state index >= 15 is 0 Å². The van der Waals surface area contributed by atoms with Crippen LogP contribution >= 0.6 is 0 Å². The highest BCUT2D eigenvalue weighted by molar-refractivity contribution is 6.60. The lowest BCUT2D eigenvalue weighted by Crippen LogP contribution is -2.61. The van der Waals surface area contributed by atoms with Crippen molar-refractivity contribution >= 4 is 41.2 Å². The van der Waals surface area contributed by atoms with Crippen LogP contribution in [0.25, 0.3) is 0 Å². The zero-order valence-electron chi connectivity index (χ0n) is 16.7. The van der Waals surface area contributed by atoms with E-state index in [1.165, 1.54) is 12.1 Å². The fraction of sp³-hybridized carbons (Fsp3) is 0.222. The number of alkyl halides is 3. The molecule has 15 heteroatoms. The Bertz CT molecular complexity index is 1020. The first-order valence-corrected chi connectivity index (χ1v) is 9.02. The quantitative estimate of drug-likeness (QED) is 0.132. The van der Waals surface area contributed by atoms with Crippen molar-refractivity contribution in [1.82, 2.24) is 16.0 Å². The number of carbonyl (C=O) groups is 3. The number of hydrogen-bond donors (Lipinski definition) is 6. The van der Waals surface area contributed by atoms with E-state index in [0.29, 0.717) is 6.21 Å². The number of aliphatic imine (C=N–C) groups is 1. The van der Waals surface area contributed by atoms with Gasteiger partial charge in [-0.05, 0) is 36.5 Å². The highest BCUT2D eigenvalue weighted by Gasteiger charge is 2.50. The van der Waals surface area contributed by atoms with Gasteiger partial charge in [-0.3, -0.25) is 25.3 Å². The van der Waals surface area contributed by atoms with Gasteiger partial charge in [-0.25, -0.2) is 9.18 Å². The monoisotopic (exact) mass is 470 g/mol. The molecule has 1 aromatic rings. The van der Waals surface area contributed by atoms with Crippen LogP contribution in [0.1, 0.15) is 0 Å². The van der Waals surface area contributed by atoms with Gasteiger partial charge in [0, 0.05) is 0 Å². The Morgan fingerprint density at radius 2 is 1.91 bits per heavy atom. The van der Waals surface area contributed by atoms with E-state index in [1.54, 1.807) is 0 Å². The van der Waals surface area contributed by atoms with Crippen LogP contribution < -0.4 is 27.1 Å². The molecule has 0 aromatic heterocycles. The van der Waals surface area contributed by atoms with Crippen molar-refractivity contribution in [1.29, 1.82) is 5.41 Å². The van der Waals surface area contributed by atoms with Crippen LogP contribution in [0.4, 0.5) is 28.0 Å². The molecular formula is C18H18F4N8O3. The summed E-state index contributed by atoms with van der Waals surface area (Å²) in [6, 6.07) is 3.85. The molecule has 0 saturated carbocycles. The predicted octanol–water partition coefficient (Wildman–Crippen LogP) is 0.413. The Labute approximate surface area is 183 Å². The molecule has 1 unspecified atom stereocenters. The van der Waals surface area contributed by atoms with Crippen LogP contribution in [-0.4, -0.2) is 60.3 Å². The number of carbonyl (C=O) groups excluding carboxylic acids is 3. The number of amides is 4. The molecular weight excluding hydrogens is 452 g/mol. The van der Waals surface area contributed by atoms with Gasteiger partial charge in [0.25, 0.3) is 11.8 Å². The minimum absolute atomic E-state index is 0.289. The largest absolute Gasteiger partial charge is 0.407 e. The first-order valence-electron chi connectivity index (χ1n) is 9.02. The standard InChI is InChI=1S/C18H18F4N8O3/c19-10-1-3-11(4-2-10)29-30-12(7-24)14(31)26-8-17(15(32)27-16(33)28-17)13(5-6-23)25-9-18(20,21)22/h1-7,24,29H,8-9,23H2,(H,26,31)(H2,27,28,32,33)/b6-5?,24-7?,25-13?,30-12+. The number of nitrogens with two attached hydrogens (primary N) is 1. The van der Waals surface area contributed by atoms with Crippen molar-refractivity contribution in [3.05, 3.63) is 42.4 Å².